The zero-order valence-electron chi connectivity index (χ0n) is 10.9. The summed E-state index contributed by atoms with van der Waals surface area (Å²) in [6.07, 6.45) is 5.23. The van der Waals surface area contributed by atoms with E-state index in [1.807, 2.05) is 26.1 Å². The number of rotatable bonds is 4. The van der Waals surface area contributed by atoms with Crippen molar-refractivity contribution in [2.24, 2.45) is 0 Å². The van der Waals surface area contributed by atoms with E-state index in [-0.39, 0.29) is 5.56 Å². The van der Waals surface area contributed by atoms with Gasteiger partial charge in [0.25, 0.3) is 5.56 Å². The maximum atomic E-state index is 11.9. The number of hydrogen-bond donors (Lipinski definition) is 1. The minimum absolute atomic E-state index is 0.126. The highest BCUT2D eigenvalue weighted by molar-refractivity contribution is 9.10. The van der Waals surface area contributed by atoms with Gasteiger partial charge in [-0.3, -0.25) is 9.78 Å². The van der Waals surface area contributed by atoms with E-state index in [9.17, 15) is 4.79 Å². The lowest BCUT2D eigenvalue weighted by Gasteiger charge is -2.10. The predicted octanol–water partition coefficient (Wildman–Crippen LogP) is 2.34. The molecule has 0 radical (unpaired) electrons. The van der Waals surface area contributed by atoms with Gasteiger partial charge in [-0.05, 0) is 47.0 Å². The summed E-state index contributed by atoms with van der Waals surface area (Å²) in [5.74, 6) is 0. The lowest BCUT2D eigenvalue weighted by molar-refractivity contribution is 0.613. The van der Waals surface area contributed by atoms with Gasteiger partial charge < -0.3 is 5.32 Å². The second-order valence-electron chi connectivity index (χ2n) is 4.15. The molecule has 0 aliphatic heterocycles. The molecule has 0 atom stereocenters. The van der Waals surface area contributed by atoms with E-state index < -0.39 is 0 Å². The van der Waals surface area contributed by atoms with Gasteiger partial charge in [-0.1, -0.05) is 0 Å². The van der Waals surface area contributed by atoms with Crippen molar-refractivity contribution in [1.82, 2.24) is 14.8 Å². The second kappa shape index (κ2) is 5.97. The van der Waals surface area contributed by atoms with Crippen LogP contribution in [0.1, 0.15) is 18.1 Å². The third-order valence-electron chi connectivity index (χ3n) is 2.89. The molecule has 0 aliphatic carbocycles. The van der Waals surface area contributed by atoms with Crippen LogP contribution in [-0.2, 0) is 13.1 Å². The Hall–Kier alpha value is -1.69. The number of nitrogens with one attached hydrogen (secondary N) is 1. The lowest BCUT2D eigenvalue weighted by atomic mass is 10.1. The normalized spacial score (nSPS) is 10.5. The van der Waals surface area contributed by atoms with Gasteiger partial charge in [0.05, 0.1) is 11.9 Å². The van der Waals surface area contributed by atoms with E-state index in [2.05, 4.69) is 31.3 Å². The quantitative estimate of drug-likeness (QED) is 0.938. The molecule has 0 saturated heterocycles. The summed E-state index contributed by atoms with van der Waals surface area (Å²) in [6.45, 7) is 5.08. The van der Waals surface area contributed by atoms with Crippen LogP contribution in [0.15, 0.2) is 33.9 Å². The first-order valence-electron chi connectivity index (χ1n) is 6.02. The van der Waals surface area contributed by atoms with Crippen LogP contribution in [0, 0.1) is 6.92 Å². The van der Waals surface area contributed by atoms with E-state index in [0.717, 1.165) is 11.1 Å². The lowest BCUT2D eigenvalue weighted by Crippen LogP contribution is -2.23. The van der Waals surface area contributed by atoms with Crippen molar-refractivity contribution in [2.75, 3.05) is 5.32 Å². The van der Waals surface area contributed by atoms with Crippen LogP contribution < -0.4 is 10.9 Å². The SMILES string of the molecule is CCn1ncc(NCc2ccncc2C)c(Br)c1=O. The molecule has 5 nitrogen and oxygen atoms in total. The molecule has 6 heteroatoms. The number of nitrogens with zero attached hydrogens (tertiary/aromatic N) is 3. The molecule has 0 spiro atoms. The maximum Gasteiger partial charge on any atom is 0.283 e. The molecule has 2 rings (SSSR count). The Balaban J connectivity index is 2.19. The van der Waals surface area contributed by atoms with E-state index >= 15 is 0 Å². The van der Waals surface area contributed by atoms with Gasteiger partial charge in [0.1, 0.15) is 4.47 Å². The maximum absolute atomic E-state index is 11.9. The Morgan fingerprint density at radius 2 is 2.21 bits per heavy atom. The molecule has 0 aromatic carbocycles. The molecule has 0 amide bonds. The smallest absolute Gasteiger partial charge is 0.283 e. The van der Waals surface area contributed by atoms with Gasteiger partial charge in [0.2, 0.25) is 0 Å². The van der Waals surface area contributed by atoms with Crippen LogP contribution in [-0.4, -0.2) is 14.8 Å². The zero-order valence-corrected chi connectivity index (χ0v) is 12.4. The van der Waals surface area contributed by atoms with E-state index in [0.29, 0.717) is 23.2 Å². The van der Waals surface area contributed by atoms with Crippen LogP contribution in [0.4, 0.5) is 5.69 Å². The Labute approximate surface area is 119 Å². The fourth-order valence-corrected chi connectivity index (χ4v) is 2.15. The van der Waals surface area contributed by atoms with Crippen molar-refractivity contribution in [3.8, 4) is 0 Å². The Kier molecular flexibility index (Phi) is 4.31. The third-order valence-corrected chi connectivity index (χ3v) is 3.66. The minimum Gasteiger partial charge on any atom is -0.379 e. The molecule has 0 aliphatic rings. The first-order valence-corrected chi connectivity index (χ1v) is 6.81. The average Bonchev–Trinajstić information content (AvgIpc) is 2.42. The summed E-state index contributed by atoms with van der Waals surface area (Å²) < 4.78 is 1.92. The molecule has 2 heterocycles. The Morgan fingerprint density at radius 1 is 1.42 bits per heavy atom. The topological polar surface area (TPSA) is 59.8 Å². The molecular formula is C13H15BrN4O. The molecule has 19 heavy (non-hydrogen) atoms. The number of aromatic nitrogens is 3. The van der Waals surface area contributed by atoms with Gasteiger partial charge in [-0.15, -0.1) is 0 Å². The van der Waals surface area contributed by atoms with E-state index in [1.54, 1.807) is 12.4 Å². The monoisotopic (exact) mass is 322 g/mol. The van der Waals surface area contributed by atoms with Gasteiger partial charge in [0.15, 0.2) is 0 Å². The predicted molar refractivity (Wildman–Crippen MR) is 78.2 cm³/mol. The molecule has 100 valence electrons. The summed E-state index contributed by atoms with van der Waals surface area (Å²) in [5, 5.41) is 7.30. The van der Waals surface area contributed by atoms with Crippen molar-refractivity contribution in [1.29, 1.82) is 0 Å². The molecule has 0 saturated carbocycles. The molecule has 2 aromatic heterocycles. The fraction of sp³-hybridized carbons (Fsp3) is 0.308. The first-order chi connectivity index (χ1) is 9.13. The van der Waals surface area contributed by atoms with Gasteiger partial charge in [-0.25, -0.2) is 4.68 Å². The van der Waals surface area contributed by atoms with Gasteiger partial charge in [-0.2, -0.15) is 5.10 Å². The summed E-state index contributed by atoms with van der Waals surface area (Å²) >= 11 is 3.32. The zero-order chi connectivity index (χ0) is 13.8. The molecule has 0 fully saturated rings. The Morgan fingerprint density at radius 3 is 2.89 bits per heavy atom. The van der Waals surface area contributed by atoms with Crippen molar-refractivity contribution < 1.29 is 0 Å². The summed E-state index contributed by atoms with van der Waals surface area (Å²) in [5.41, 5.74) is 2.83. The molecule has 0 bridgehead atoms. The Bertz CT molecular complexity index is 639. The molecule has 2 aromatic rings. The highest BCUT2D eigenvalue weighted by Crippen LogP contribution is 2.17. The standard InChI is InChI=1S/C13H15BrN4O/c1-3-18-13(19)12(14)11(8-17-18)16-7-10-4-5-15-6-9(10)2/h4-6,8,16H,3,7H2,1-2H3. The number of pyridine rings is 1. The number of aryl methyl sites for hydroxylation is 2. The molecular weight excluding hydrogens is 308 g/mol. The molecule has 1 N–H and O–H groups in total. The number of anilines is 1. The summed E-state index contributed by atoms with van der Waals surface area (Å²) in [6, 6.07) is 1.96. The van der Waals surface area contributed by atoms with Crippen LogP contribution in [0.5, 0.6) is 0 Å². The second-order valence-corrected chi connectivity index (χ2v) is 4.94. The van der Waals surface area contributed by atoms with Gasteiger partial charge >= 0.3 is 0 Å². The van der Waals surface area contributed by atoms with Crippen LogP contribution in [0.2, 0.25) is 0 Å². The van der Waals surface area contributed by atoms with Crippen molar-refractivity contribution in [3.05, 3.63) is 50.6 Å². The largest absolute Gasteiger partial charge is 0.379 e. The van der Waals surface area contributed by atoms with E-state index in [1.165, 1.54) is 4.68 Å². The van der Waals surface area contributed by atoms with Crippen LogP contribution in [0.25, 0.3) is 0 Å². The molecule has 0 unspecified atom stereocenters. The summed E-state index contributed by atoms with van der Waals surface area (Å²) in [7, 11) is 0. The third kappa shape index (κ3) is 3.01. The number of halogens is 1. The average molecular weight is 323 g/mol. The highest BCUT2D eigenvalue weighted by atomic mass is 79.9. The van der Waals surface area contributed by atoms with Crippen molar-refractivity contribution >= 4 is 21.6 Å². The van der Waals surface area contributed by atoms with Crippen LogP contribution >= 0.6 is 15.9 Å². The summed E-state index contributed by atoms with van der Waals surface area (Å²) in [4.78, 5) is 16.0. The number of hydrogen-bond acceptors (Lipinski definition) is 4. The first kappa shape index (κ1) is 13.7. The van der Waals surface area contributed by atoms with Crippen LogP contribution in [0.3, 0.4) is 0 Å². The van der Waals surface area contributed by atoms with E-state index in [4.69, 9.17) is 0 Å². The fourth-order valence-electron chi connectivity index (χ4n) is 1.70. The minimum atomic E-state index is -0.126. The van der Waals surface area contributed by atoms with Gasteiger partial charge in [0, 0.05) is 25.5 Å². The highest BCUT2D eigenvalue weighted by Gasteiger charge is 2.08. The van der Waals surface area contributed by atoms with Crippen molar-refractivity contribution in [3.63, 3.8) is 0 Å². The van der Waals surface area contributed by atoms with Crippen molar-refractivity contribution in [2.45, 2.75) is 26.9 Å².